The average molecular weight is 674 g/mol. The molecule has 5 aromatic rings. The molecule has 3 aromatic heterocycles. The SMILES string of the molecule is NC(=O)c1cc(-c2cc3[nH]ncc3nc2C(Cc2cc(F)cc(F)c2)NC(=O)Cn2nc(C(F)F)c3c2C(F)(F)C2C[C@H]32)ccc1Cl. The van der Waals surface area contributed by atoms with Gasteiger partial charge in [0.05, 0.1) is 34.0 Å². The molecule has 2 amide bonds. The molecule has 0 radical (unpaired) electrons. The Morgan fingerprint density at radius 2 is 1.85 bits per heavy atom. The molecule has 47 heavy (non-hydrogen) atoms. The lowest BCUT2D eigenvalue weighted by molar-refractivity contribution is -0.123. The summed E-state index contributed by atoms with van der Waals surface area (Å²) in [6.07, 6.45) is -1.93. The summed E-state index contributed by atoms with van der Waals surface area (Å²) in [6.45, 7) is -0.853. The van der Waals surface area contributed by atoms with Gasteiger partial charge in [0.1, 0.15) is 35.1 Å². The fourth-order valence-electron chi connectivity index (χ4n) is 6.41. The van der Waals surface area contributed by atoms with Crippen LogP contribution in [0, 0.1) is 17.6 Å². The van der Waals surface area contributed by atoms with Crippen LogP contribution < -0.4 is 11.1 Å². The van der Waals surface area contributed by atoms with Gasteiger partial charge < -0.3 is 11.1 Å². The zero-order valence-electron chi connectivity index (χ0n) is 23.9. The van der Waals surface area contributed by atoms with E-state index in [0.29, 0.717) is 32.9 Å². The standard InChI is InChI=1S/C31H22ClF6N7O2/c32-20-2-1-13(6-18(20)30(39)47)16-9-21-23(10-40-43-21)42-26(16)22(5-12-3-14(33)7-15(34)4-12)41-24(46)11-45-28-25(27(44-45)29(35)36)17-8-19(17)31(28,37)38/h1-4,6-7,9-10,17,19,22,29H,5,8,11H2,(H2,39,47)(H,40,43)(H,41,46)/t17-,19?,22?/m0/s1. The summed E-state index contributed by atoms with van der Waals surface area (Å²) in [5.41, 5.74) is 5.49. The maximum Gasteiger partial charge on any atom is 0.293 e. The van der Waals surface area contributed by atoms with Gasteiger partial charge in [-0.05, 0) is 60.2 Å². The van der Waals surface area contributed by atoms with Crippen molar-refractivity contribution in [1.29, 1.82) is 0 Å². The molecule has 2 aromatic carbocycles. The predicted octanol–water partition coefficient (Wildman–Crippen LogP) is 6.10. The van der Waals surface area contributed by atoms with Gasteiger partial charge in [0, 0.05) is 23.1 Å². The fourth-order valence-corrected chi connectivity index (χ4v) is 6.62. The summed E-state index contributed by atoms with van der Waals surface area (Å²) in [5.74, 6) is -8.85. The van der Waals surface area contributed by atoms with Crippen molar-refractivity contribution >= 4 is 34.4 Å². The van der Waals surface area contributed by atoms with Crippen LogP contribution in [0.15, 0.2) is 48.7 Å². The van der Waals surface area contributed by atoms with Crippen molar-refractivity contribution < 1.29 is 35.9 Å². The van der Waals surface area contributed by atoms with Crippen molar-refractivity contribution in [2.45, 2.75) is 43.7 Å². The minimum absolute atomic E-state index is 0.0195. The van der Waals surface area contributed by atoms with E-state index < -0.39 is 71.6 Å². The number of benzene rings is 2. The number of aromatic amines is 1. The van der Waals surface area contributed by atoms with Crippen LogP contribution in [0.3, 0.4) is 0 Å². The van der Waals surface area contributed by atoms with Crippen LogP contribution in [0.4, 0.5) is 26.3 Å². The molecule has 0 bridgehead atoms. The Labute approximate surface area is 266 Å². The molecular weight excluding hydrogens is 652 g/mol. The number of carbonyl (C=O) groups is 2. The Morgan fingerprint density at radius 3 is 2.55 bits per heavy atom. The molecule has 1 fully saturated rings. The van der Waals surface area contributed by atoms with Crippen LogP contribution in [-0.4, -0.2) is 36.8 Å². The number of fused-ring (bicyclic) bond motifs is 4. The number of halogens is 7. The monoisotopic (exact) mass is 673 g/mol. The molecule has 0 aliphatic heterocycles. The van der Waals surface area contributed by atoms with Crippen molar-refractivity contribution in [3.8, 4) is 11.1 Å². The first kappa shape index (κ1) is 30.7. The Bertz CT molecular complexity index is 2080. The number of nitrogens with zero attached hydrogens (tertiary/aromatic N) is 4. The van der Waals surface area contributed by atoms with E-state index in [0.717, 1.165) is 12.1 Å². The number of nitrogens with two attached hydrogens (primary N) is 1. The average Bonchev–Trinajstić information content (AvgIpc) is 3.41. The number of primary amides is 1. The molecule has 1 saturated carbocycles. The Kier molecular flexibility index (Phi) is 7.26. The van der Waals surface area contributed by atoms with Crippen molar-refractivity contribution in [3.05, 3.63) is 99.1 Å². The van der Waals surface area contributed by atoms with Gasteiger partial charge in [-0.1, -0.05) is 17.7 Å². The Hall–Kier alpha value is -4.92. The summed E-state index contributed by atoms with van der Waals surface area (Å²) in [6, 6.07) is 7.59. The number of rotatable bonds is 9. The molecule has 16 heteroatoms. The van der Waals surface area contributed by atoms with Gasteiger partial charge in [-0.25, -0.2) is 22.5 Å². The maximum absolute atomic E-state index is 15.2. The highest BCUT2D eigenvalue weighted by Gasteiger charge is 2.67. The molecule has 4 N–H and O–H groups in total. The Balaban J connectivity index is 1.31. The maximum atomic E-state index is 15.2. The Morgan fingerprint density at radius 1 is 1.11 bits per heavy atom. The highest BCUT2D eigenvalue weighted by atomic mass is 35.5. The van der Waals surface area contributed by atoms with Crippen LogP contribution in [0.5, 0.6) is 0 Å². The number of amides is 2. The molecule has 2 aliphatic rings. The number of hydrogen-bond donors (Lipinski definition) is 3. The van der Waals surface area contributed by atoms with Gasteiger partial charge in [-0.3, -0.25) is 19.4 Å². The molecule has 0 spiro atoms. The first-order valence-corrected chi connectivity index (χ1v) is 14.6. The number of carbonyl (C=O) groups excluding carboxylic acids is 2. The van der Waals surface area contributed by atoms with E-state index in [1.165, 1.54) is 18.3 Å². The summed E-state index contributed by atoms with van der Waals surface area (Å²) < 4.78 is 87.1. The predicted molar refractivity (Wildman–Crippen MR) is 156 cm³/mol. The lowest BCUT2D eigenvalue weighted by Gasteiger charge is -2.23. The topological polar surface area (TPSA) is 132 Å². The second kappa shape index (κ2) is 11.1. The van der Waals surface area contributed by atoms with Crippen molar-refractivity contribution in [3.63, 3.8) is 0 Å². The zero-order valence-corrected chi connectivity index (χ0v) is 24.6. The number of hydrogen-bond acceptors (Lipinski definition) is 5. The second-order valence-electron chi connectivity index (χ2n) is 11.6. The minimum Gasteiger partial charge on any atom is -0.366 e. The third-order valence-corrected chi connectivity index (χ3v) is 8.81. The van der Waals surface area contributed by atoms with Gasteiger partial charge in [-0.2, -0.15) is 19.0 Å². The normalized spacial score (nSPS) is 18.3. The smallest absolute Gasteiger partial charge is 0.293 e. The van der Waals surface area contributed by atoms with E-state index in [4.69, 9.17) is 17.3 Å². The summed E-state index contributed by atoms with van der Waals surface area (Å²) in [5, 5.41) is 13.2. The van der Waals surface area contributed by atoms with Crippen LogP contribution in [0.1, 0.15) is 63.4 Å². The third-order valence-electron chi connectivity index (χ3n) is 8.48. The summed E-state index contributed by atoms with van der Waals surface area (Å²) >= 11 is 6.17. The quantitative estimate of drug-likeness (QED) is 0.163. The van der Waals surface area contributed by atoms with Crippen molar-refractivity contribution in [1.82, 2.24) is 30.3 Å². The number of nitrogens with one attached hydrogen (secondary N) is 2. The zero-order chi connectivity index (χ0) is 33.4. The lowest BCUT2D eigenvalue weighted by Crippen LogP contribution is -2.35. The van der Waals surface area contributed by atoms with E-state index >= 15 is 8.78 Å². The molecule has 3 heterocycles. The highest BCUT2D eigenvalue weighted by Crippen LogP contribution is 2.68. The van der Waals surface area contributed by atoms with Gasteiger partial charge in [0.25, 0.3) is 12.3 Å². The molecule has 7 rings (SSSR count). The first-order valence-electron chi connectivity index (χ1n) is 14.3. The van der Waals surface area contributed by atoms with Crippen molar-refractivity contribution in [2.24, 2.45) is 11.7 Å². The summed E-state index contributed by atoms with van der Waals surface area (Å²) in [7, 11) is 0. The van der Waals surface area contributed by atoms with Gasteiger partial charge in [0.15, 0.2) is 0 Å². The molecule has 0 saturated heterocycles. The third kappa shape index (κ3) is 5.37. The first-order chi connectivity index (χ1) is 22.3. The molecule has 242 valence electrons. The number of H-pyrrole nitrogens is 1. The van der Waals surface area contributed by atoms with Gasteiger partial charge in [0.2, 0.25) is 11.8 Å². The lowest BCUT2D eigenvalue weighted by atomic mass is 9.94. The summed E-state index contributed by atoms with van der Waals surface area (Å²) in [4.78, 5) is 30.3. The van der Waals surface area contributed by atoms with E-state index in [-0.39, 0.29) is 40.2 Å². The van der Waals surface area contributed by atoms with Gasteiger partial charge in [-0.15, -0.1) is 0 Å². The number of pyridine rings is 1. The van der Waals surface area contributed by atoms with Crippen LogP contribution in [0.2, 0.25) is 5.02 Å². The molecule has 9 nitrogen and oxygen atoms in total. The van der Waals surface area contributed by atoms with Crippen LogP contribution >= 0.6 is 11.6 Å². The highest BCUT2D eigenvalue weighted by molar-refractivity contribution is 6.33. The van der Waals surface area contributed by atoms with Gasteiger partial charge >= 0.3 is 0 Å². The van der Waals surface area contributed by atoms with Crippen molar-refractivity contribution in [2.75, 3.05) is 0 Å². The fraction of sp³-hybridized carbons (Fsp3) is 0.258. The molecular formula is C31H22ClF6N7O2. The molecule has 2 aliphatic carbocycles. The van der Waals surface area contributed by atoms with E-state index in [1.54, 1.807) is 12.1 Å². The largest absolute Gasteiger partial charge is 0.366 e. The van der Waals surface area contributed by atoms with E-state index in [1.807, 2.05) is 0 Å². The number of alkyl halides is 4. The second-order valence-corrected chi connectivity index (χ2v) is 12.0. The van der Waals surface area contributed by atoms with Crippen LogP contribution in [0.25, 0.3) is 22.2 Å². The molecule has 3 atom stereocenters. The van der Waals surface area contributed by atoms with E-state index in [9.17, 15) is 27.2 Å². The van der Waals surface area contributed by atoms with Crippen LogP contribution in [-0.2, 0) is 23.7 Å². The molecule has 2 unspecified atom stereocenters. The minimum atomic E-state index is -3.45. The number of aromatic nitrogens is 5. The van der Waals surface area contributed by atoms with E-state index in [2.05, 4.69) is 25.6 Å².